The SMILES string of the molecule is CCNC(c1cc(C)c(Cl)s1)c1cccc(F)c1Br. The van der Waals surface area contributed by atoms with Gasteiger partial charge in [-0.2, -0.15) is 0 Å². The quantitative estimate of drug-likeness (QED) is 0.777. The molecule has 0 spiro atoms. The molecule has 0 radical (unpaired) electrons. The molecule has 19 heavy (non-hydrogen) atoms. The number of thiophene rings is 1. The number of aryl methyl sites for hydroxylation is 1. The normalized spacial score (nSPS) is 12.7. The van der Waals surface area contributed by atoms with E-state index in [-0.39, 0.29) is 11.9 Å². The average Bonchev–Trinajstić information content (AvgIpc) is 2.70. The minimum absolute atomic E-state index is 0.0497. The summed E-state index contributed by atoms with van der Waals surface area (Å²) in [5.74, 6) is -0.250. The van der Waals surface area contributed by atoms with Crippen LogP contribution >= 0.6 is 38.9 Å². The molecular weight excluding hydrogens is 349 g/mol. The van der Waals surface area contributed by atoms with E-state index in [0.717, 1.165) is 26.9 Å². The van der Waals surface area contributed by atoms with Crippen molar-refractivity contribution in [2.24, 2.45) is 0 Å². The van der Waals surface area contributed by atoms with Crippen LogP contribution in [0.1, 0.15) is 29.0 Å². The summed E-state index contributed by atoms with van der Waals surface area (Å²) in [7, 11) is 0. The lowest BCUT2D eigenvalue weighted by Crippen LogP contribution is -2.21. The highest BCUT2D eigenvalue weighted by molar-refractivity contribution is 9.10. The van der Waals surface area contributed by atoms with Crippen LogP contribution in [0.3, 0.4) is 0 Å². The summed E-state index contributed by atoms with van der Waals surface area (Å²) in [5, 5.41) is 3.38. The number of halogens is 3. The van der Waals surface area contributed by atoms with Crippen LogP contribution in [-0.2, 0) is 0 Å². The summed E-state index contributed by atoms with van der Waals surface area (Å²) >= 11 is 11.0. The lowest BCUT2D eigenvalue weighted by Gasteiger charge is -2.18. The molecule has 1 N–H and O–H groups in total. The maximum absolute atomic E-state index is 13.7. The van der Waals surface area contributed by atoms with E-state index >= 15 is 0 Å². The third-order valence-corrected chi connectivity index (χ3v) is 5.32. The van der Waals surface area contributed by atoms with Gasteiger partial charge in [-0.3, -0.25) is 0 Å². The van der Waals surface area contributed by atoms with Crippen molar-refractivity contribution in [1.82, 2.24) is 5.32 Å². The van der Waals surface area contributed by atoms with E-state index in [9.17, 15) is 4.39 Å². The van der Waals surface area contributed by atoms with Crippen molar-refractivity contribution in [3.8, 4) is 0 Å². The first kappa shape index (κ1) is 15.0. The highest BCUT2D eigenvalue weighted by atomic mass is 79.9. The summed E-state index contributed by atoms with van der Waals surface area (Å²) in [6, 6.07) is 7.10. The van der Waals surface area contributed by atoms with Crippen molar-refractivity contribution in [2.45, 2.75) is 19.9 Å². The minimum atomic E-state index is -0.250. The van der Waals surface area contributed by atoms with E-state index in [1.165, 1.54) is 17.4 Å². The second-order valence-corrected chi connectivity index (χ2v) is 6.72. The molecule has 1 atom stereocenters. The second-order valence-electron chi connectivity index (χ2n) is 4.24. The standard InChI is InChI=1S/C14H14BrClFNS/c1-3-18-13(11-7-8(2)14(16)19-11)9-5-4-6-10(17)12(9)15/h4-7,13,18H,3H2,1-2H3. The molecule has 1 heterocycles. The molecule has 0 bridgehead atoms. The molecule has 0 fully saturated rings. The van der Waals surface area contributed by atoms with Crippen LogP contribution in [0.15, 0.2) is 28.7 Å². The first-order valence-electron chi connectivity index (χ1n) is 5.97. The summed E-state index contributed by atoms with van der Waals surface area (Å²) in [5.41, 5.74) is 1.94. The Hall–Kier alpha value is -0.420. The van der Waals surface area contributed by atoms with Crippen molar-refractivity contribution in [1.29, 1.82) is 0 Å². The summed E-state index contributed by atoms with van der Waals surface area (Å²) < 4.78 is 15.0. The summed E-state index contributed by atoms with van der Waals surface area (Å²) in [4.78, 5) is 1.09. The van der Waals surface area contributed by atoms with Crippen molar-refractivity contribution in [3.05, 3.63) is 54.9 Å². The third kappa shape index (κ3) is 3.19. The molecule has 5 heteroatoms. The molecule has 0 amide bonds. The Morgan fingerprint density at radius 1 is 1.47 bits per heavy atom. The van der Waals surface area contributed by atoms with Crippen molar-refractivity contribution >= 4 is 38.9 Å². The molecule has 1 aromatic carbocycles. The van der Waals surface area contributed by atoms with E-state index in [4.69, 9.17) is 11.6 Å². The summed E-state index contributed by atoms with van der Waals surface area (Å²) in [6.45, 7) is 4.80. The fraction of sp³-hybridized carbons (Fsp3) is 0.286. The van der Waals surface area contributed by atoms with E-state index in [1.807, 2.05) is 19.9 Å². The van der Waals surface area contributed by atoms with E-state index in [1.54, 1.807) is 6.07 Å². The van der Waals surface area contributed by atoms with Crippen LogP contribution < -0.4 is 5.32 Å². The molecule has 2 aromatic rings. The fourth-order valence-electron chi connectivity index (χ4n) is 1.94. The van der Waals surface area contributed by atoms with Gasteiger partial charge in [0.2, 0.25) is 0 Å². The Morgan fingerprint density at radius 2 is 2.21 bits per heavy atom. The topological polar surface area (TPSA) is 12.0 Å². The minimum Gasteiger partial charge on any atom is -0.306 e. The maximum Gasteiger partial charge on any atom is 0.137 e. The van der Waals surface area contributed by atoms with Gasteiger partial charge >= 0.3 is 0 Å². The maximum atomic E-state index is 13.7. The molecule has 0 saturated carbocycles. The van der Waals surface area contributed by atoms with Gasteiger partial charge in [-0.1, -0.05) is 30.7 Å². The Bertz CT molecular complexity index is 565. The van der Waals surface area contributed by atoms with Gasteiger partial charge in [0.25, 0.3) is 0 Å². The van der Waals surface area contributed by atoms with Gasteiger partial charge in [-0.15, -0.1) is 11.3 Å². The highest BCUT2D eigenvalue weighted by Gasteiger charge is 2.20. The highest BCUT2D eigenvalue weighted by Crippen LogP contribution is 2.37. The third-order valence-electron chi connectivity index (χ3n) is 2.86. The zero-order chi connectivity index (χ0) is 14.0. The molecule has 1 aromatic heterocycles. The van der Waals surface area contributed by atoms with Crippen molar-refractivity contribution < 1.29 is 4.39 Å². The largest absolute Gasteiger partial charge is 0.306 e. The number of hydrogen-bond donors (Lipinski definition) is 1. The average molecular weight is 363 g/mol. The van der Waals surface area contributed by atoms with E-state index < -0.39 is 0 Å². The first-order chi connectivity index (χ1) is 9.04. The molecule has 2 rings (SSSR count). The van der Waals surface area contributed by atoms with Gasteiger partial charge in [0.05, 0.1) is 14.9 Å². The zero-order valence-electron chi connectivity index (χ0n) is 10.6. The van der Waals surface area contributed by atoms with Crippen LogP contribution in [-0.4, -0.2) is 6.54 Å². The molecule has 0 aliphatic rings. The zero-order valence-corrected chi connectivity index (χ0v) is 13.8. The van der Waals surface area contributed by atoms with E-state index in [0.29, 0.717) is 4.47 Å². The van der Waals surface area contributed by atoms with Crippen LogP contribution in [0.25, 0.3) is 0 Å². The predicted molar refractivity (Wildman–Crippen MR) is 83.7 cm³/mol. The van der Waals surface area contributed by atoms with Crippen molar-refractivity contribution in [2.75, 3.05) is 6.54 Å². The Morgan fingerprint density at radius 3 is 2.79 bits per heavy atom. The molecule has 0 aliphatic carbocycles. The Labute approximate surface area is 129 Å². The van der Waals surface area contributed by atoms with Crippen LogP contribution in [0.5, 0.6) is 0 Å². The summed E-state index contributed by atoms with van der Waals surface area (Å²) in [6.07, 6.45) is 0. The second kappa shape index (κ2) is 6.35. The monoisotopic (exact) mass is 361 g/mol. The Kier molecular flexibility index (Phi) is 5.01. The van der Waals surface area contributed by atoms with Gasteiger partial charge in [0.1, 0.15) is 5.82 Å². The van der Waals surface area contributed by atoms with Gasteiger partial charge < -0.3 is 5.32 Å². The molecule has 0 aliphatic heterocycles. The molecule has 102 valence electrons. The van der Waals surface area contributed by atoms with Crippen LogP contribution in [0, 0.1) is 12.7 Å². The van der Waals surface area contributed by atoms with Crippen molar-refractivity contribution in [3.63, 3.8) is 0 Å². The molecule has 1 unspecified atom stereocenters. The molecule has 0 saturated heterocycles. The molecule has 1 nitrogen and oxygen atoms in total. The van der Waals surface area contributed by atoms with Gasteiger partial charge in [0, 0.05) is 4.88 Å². The lowest BCUT2D eigenvalue weighted by atomic mass is 10.0. The number of hydrogen-bond acceptors (Lipinski definition) is 2. The van der Waals surface area contributed by atoms with Gasteiger partial charge in [0.15, 0.2) is 0 Å². The van der Waals surface area contributed by atoms with Gasteiger partial charge in [-0.05, 0) is 52.7 Å². The van der Waals surface area contributed by atoms with Gasteiger partial charge in [-0.25, -0.2) is 4.39 Å². The van der Waals surface area contributed by atoms with Crippen LogP contribution in [0.2, 0.25) is 4.34 Å². The smallest absolute Gasteiger partial charge is 0.137 e. The lowest BCUT2D eigenvalue weighted by molar-refractivity contribution is 0.599. The predicted octanol–water partition coefficient (Wildman–Crippen LogP) is 5.31. The number of rotatable bonds is 4. The fourth-order valence-corrected chi connectivity index (χ4v) is 3.74. The Balaban J connectivity index is 2.48. The first-order valence-corrected chi connectivity index (χ1v) is 7.96. The van der Waals surface area contributed by atoms with E-state index in [2.05, 4.69) is 27.3 Å². The number of nitrogens with one attached hydrogen (secondary N) is 1. The van der Waals surface area contributed by atoms with Crippen LogP contribution in [0.4, 0.5) is 4.39 Å². The molecular formula is C14H14BrClFNS. The number of benzene rings is 1.